The molecule has 0 fully saturated rings. The van der Waals surface area contributed by atoms with Crippen LogP contribution < -0.4 is 20.1 Å². The Balaban J connectivity index is 1.97. The van der Waals surface area contributed by atoms with Gasteiger partial charge in [-0.1, -0.05) is 37.3 Å². The Kier molecular flexibility index (Phi) is 6.10. The summed E-state index contributed by atoms with van der Waals surface area (Å²) in [7, 11) is 3.26. The van der Waals surface area contributed by atoms with E-state index in [1.54, 1.807) is 14.2 Å². The van der Waals surface area contributed by atoms with Gasteiger partial charge in [-0.05, 0) is 18.6 Å². The first-order valence-corrected chi connectivity index (χ1v) is 8.91. The highest BCUT2D eigenvalue weighted by Crippen LogP contribution is 2.32. The molecule has 2 aromatic carbocycles. The number of aromatic nitrogens is 2. The molecule has 140 valence electrons. The highest BCUT2D eigenvalue weighted by atomic mass is 16.5. The Morgan fingerprint density at radius 2 is 1.74 bits per heavy atom. The molecule has 0 atom stereocenters. The number of benzene rings is 2. The standard InChI is InChI=1S/C21H24N4O2/c1-4-12-22-21-24-18(15-8-6-5-7-9-15)14-20(25-21)23-17-11-10-16(26-2)13-19(17)27-3/h5-11,13-14H,4,12H2,1-3H3,(H2,22,23,24,25). The maximum Gasteiger partial charge on any atom is 0.225 e. The number of nitrogens with zero attached hydrogens (tertiary/aromatic N) is 2. The van der Waals surface area contributed by atoms with Gasteiger partial charge in [0.2, 0.25) is 5.95 Å². The van der Waals surface area contributed by atoms with Gasteiger partial charge in [-0.25, -0.2) is 4.98 Å². The third kappa shape index (κ3) is 4.67. The molecule has 0 aliphatic heterocycles. The first-order valence-electron chi connectivity index (χ1n) is 8.91. The monoisotopic (exact) mass is 364 g/mol. The minimum Gasteiger partial charge on any atom is -0.497 e. The number of hydrogen-bond acceptors (Lipinski definition) is 6. The summed E-state index contributed by atoms with van der Waals surface area (Å²) in [4.78, 5) is 9.23. The Labute approximate surface area is 159 Å². The molecule has 3 rings (SSSR count). The van der Waals surface area contributed by atoms with Crippen LogP contribution in [0, 0.1) is 0 Å². The van der Waals surface area contributed by atoms with Crippen molar-refractivity contribution in [2.75, 3.05) is 31.4 Å². The highest BCUT2D eigenvalue weighted by molar-refractivity contribution is 5.70. The molecule has 0 amide bonds. The van der Waals surface area contributed by atoms with E-state index < -0.39 is 0 Å². The van der Waals surface area contributed by atoms with E-state index in [-0.39, 0.29) is 0 Å². The van der Waals surface area contributed by atoms with Crippen molar-refractivity contribution in [3.05, 3.63) is 54.6 Å². The first kappa shape index (κ1) is 18.5. The molecule has 0 aliphatic rings. The van der Waals surface area contributed by atoms with Gasteiger partial charge < -0.3 is 20.1 Å². The Morgan fingerprint density at radius 3 is 2.44 bits per heavy atom. The summed E-state index contributed by atoms with van der Waals surface area (Å²) >= 11 is 0. The molecule has 0 bridgehead atoms. The molecular formula is C21H24N4O2. The van der Waals surface area contributed by atoms with Gasteiger partial charge in [0.1, 0.15) is 17.3 Å². The smallest absolute Gasteiger partial charge is 0.225 e. The first-order chi connectivity index (χ1) is 13.2. The van der Waals surface area contributed by atoms with Crippen LogP contribution in [0.15, 0.2) is 54.6 Å². The van der Waals surface area contributed by atoms with E-state index in [2.05, 4.69) is 27.5 Å². The zero-order valence-electron chi connectivity index (χ0n) is 15.8. The van der Waals surface area contributed by atoms with Crippen molar-refractivity contribution in [2.24, 2.45) is 0 Å². The molecule has 0 unspecified atom stereocenters. The van der Waals surface area contributed by atoms with Crippen LogP contribution in [0.2, 0.25) is 0 Å². The molecule has 2 N–H and O–H groups in total. The van der Waals surface area contributed by atoms with E-state index in [4.69, 9.17) is 9.47 Å². The van der Waals surface area contributed by atoms with Crippen molar-refractivity contribution in [1.29, 1.82) is 0 Å². The SMILES string of the molecule is CCCNc1nc(Nc2ccc(OC)cc2OC)cc(-c2ccccc2)n1. The molecule has 0 saturated heterocycles. The van der Waals surface area contributed by atoms with Crippen LogP contribution in [0.25, 0.3) is 11.3 Å². The Hall–Kier alpha value is -3.28. The molecule has 6 heteroatoms. The topological polar surface area (TPSA) is 68.3 Å². The summed E-state index contributed by atoms with van der Waals surface area (Å²) in [6.07, 6.45) is 0.994. The van der Waals surface area contributed by atoms with E-state index in [9.17, 15) is 0 Å². The second-order valence-electron chi connectivity index (χ2n) is 5.95. The lowest BCUT2D eigenvalue weighted by atomic mass is 10.1. The van der Waals surface area contributed by atoms with Gasteiger partial charge in [0.05, 0.1) is 25.6 Å². The lowest BCUT2D eigenvalue weighted by molar-refractivity contribution is 0.395. The van der Waals surface area contributed by atoms with Gasteiger partial charge >= 0.3 is 0 Å². The predicted molar refractivity (Wildman–Crippen MR) is 109 cm³/mol. The molecule has 0 spiro atoms. The van der Waals surface area contributed by atoms with Crippen molar-refractivity contribution < 1.29 is 9.47 Å². The van der Waals surface area contributed by atoms with E-state index in [1.807, 2.05) is 54.6 Å². The fourth-order valence-electron chi connectivity index (χ4n) is 2.62. The van der Waals surface area contributed by atoms with Crippen molar-refractivity contribution in [2.45, 2.75) is 13.3 Å². The van der Waals surface area contributed by atoms with Gasteiger partial charge in [0, 0.05) is 24.2 Å². The van der Waals surface area contributed by atoms with E-state index >= 15 is 0 Å². The van der Waals surface area contributed by atoms with Gasteiger partial charge in [0.25, 0.3) is 0 Å². The molecular weight excluding hydrogens is 340 g/mol. The molecule has 0 aliphatic carbocycles. The summed E-state index contributed by atoms with van der Waals surface area (Å²) in [5, 5.41) is 6.59. The van der Waals surface area contributed by atoms with Crippen LogP contribution in [0.1, 0.15) is 13.3 Å². The predicted octanol–water partition coefficient (Wildman–Crippen LogP) is 4.73. The van der Waals surface area contributed by atoms with Gasteiger partial charge in [0.15, 0.2) is 0 Å². The fraction of sp³-hybridized carbons (Fsp3) is 0.238. The lowest BCUT2D eigenvalue weighted by Gasteiger charge is -2.14. The van der Waals surface area contributed by atoms with Crippen molar-refractivity contribution in [1.82, 2.24) is 9.97 Å². The number of nitrogens with one attached hydrogen (secondary N) is 2. The lowest BCUT2D eigenvalue weighted by Crippen LogP contribution is -2.07. The van der Waals surface area contributed by atoms with E-state index in [0.29, 0.717) is 17.5 Å². The normalized spacial score (nSPS) is 10.3. The number of ether oxygens (including phenoxy) is 2. The van der Waals surface area contributed by atoms with Crippen LogP contribution in [-0.2, 0) is 0 Å². The summed E-state index contributed by atoms with van der Waals surface area (Å²) in [6.45, 7) is 2.92. The summed E-state index contributed by atoms with van der Waals surface area (Å²) in [5.41, 5.74) is 2.68. The molecule has 1 heterocycles. The molecule has 6 nitrogen and oxygen atoms in total. The minimum absolute atomic E-state index is 0.591. The van der Waals surface area contributed by atoms with Crippen molar-refractivity contribution in [3.63, 3.8) is 0 Å². The third-order valence-corrected chi connectivity index (χ3v) is 4.00. The molecule has 1 aromatic heterocycles. The van der Waals surface area contributed by atoms with Gasteiger partial charge in [-0.2, -0.15) is 4.98 Å². The van der Waals surface area contributed by atoms with Crippen molar-refractivity contribution in [3.8, 4) is 22.8 Å². The van der Waals surface area contributed by atoms with E-state index in [0.717, 1.165) is 35.7 Å². The number of rotatable bonds is 8. The van der Waals surface area contributed by atoms with Crippen molar-refractivity contribution >= 4 is 17.5 Å². The summed E-state index contributed by atoms with van der Waals surface area (Å²) in [5.74, 6) is 2.69. The van der Waals surface area contributed by atoms with Gasteiger partial charge in [-0.3, -0.25) is 0 Å². The quantitative estimate of drug-likeness (QED) is 0.602. The zero-order chi connectivity index (χ0) is 19.1. The average Bonchev–Trinajstić information content (AvgIpc) is 2.73. The Morgan fingerprint density at radius 1 is 0.926 bits per heavy atom. The second kappa shape index (κ2) is 8.89. The number of hydrogen-bond donors (Lipinski definition) is 2. The van der Waals surface area contributed by atoms with E-state index in [1.165, 1.54) is 0 Å². The molecule has 27 heavy (non-hydrogen) atoms. The fourth-order valence-corrected chi connectivity index (χ4v) is 2.62. The molecule has 0 radical (unpaired) electrons. The third-order valence-electron chi connectivity index (χ3n) is 4.00. The van der Waals surface area contributed by atoms with Crippen LogP contribution in [-0.4, -0.2) is 30.7 Å². The van der Waals surface area contributed by atoms with Crippen LogP contribution in [0.4, 0.5) is 17.5 Å². The summed E-state index contributed by atoms with van der Waals surface area (Å²) in [6, 6.07) is 17.6. The maximum atomic E-state index is 5.47. The van der Waals surface area contributed by atoms with Crippen LogP contribution in [0.3, 0.4) is 0 Å². The average molecular weight is 364 g/mol. The summed E-state index contributed by atoms with van der Waals surface area (Å²) < 4.78 is 10.7. The highest BCUT2D eigenvalue weighted by Gasteiger charge is 2.10. The maximum absolute atomic E-state index is 5.47. The number of methoxy groups -OCH3 is 2. The van der Waals surface area contributed by atoms with Gasteiger partial charge in [-0.15, -0.1) is 0 Å². The molecule has 0 saturated carbocycles. The van der Waals surface area contributed by atoms with Crippen LogP contribution >= 0.6 is 0 Å². The second-order valence-corrected chi connectivity index (χ2v) is 5.95. The largest absolute Gasteiger partial charge is 0.497 e. The number of anilines is 3. The minimum atomic E-state index is 0.591. The van der Waals surface area contributed by atoms with Crippen LogP contribution in [0.5, 0.6) is 11.5 Å². The zero-order valence-corrected chi connectivity index (χ0v) is 15.8. The Bertz CT molecular complexity index is 885. The molecule has 3 aromatic rings.